The van der Waals surface area contributed by atoms with E-state index in [9.17, 15) is 121 Å². The number of carboxylic acid groups (broad SMARTS) is 4. The van der Waals surface area contributed by atoms with E-state index >= 15 is 0 Å². The van der Waals surface area contributed by atoms with Gasteiger partial charge in [-0.1, -0.05) is 83.9 Å². The van der Waals surface area contributed by atoms with E-state index in [1.54, 1.807) is 30.5 Å². The van der Waals surface area contributed by atoms with Crippen LogP contribution in [0, 0.1) is 5.92 Å². The van der Waals surface area contributed by atoms with Crippen molar-refractivity contribution in [3.63, 3.8) is 0 Å². The number of nitrogens with two attached hydrogens (primary N) is 3. The average Bonchev–Trinajstić information content (AvgIpc) is 1.73. The van der Waals surface area contributed by atoms with E-state index in [0.717, 1.165) is 53.0 Å². The zero-order chi connectivity index (χ0) is 85.6. The second kappa shape index (κ2) is 48.8. The minimum absolute atomic E-state index is 0.00351. The topological polar surface area (TPSA) is 693 Å². The van der Waals surface area contributed by atoms with Gasteiger partial charge < -0.3 is 121 Å². The minimum atomic E-state index is -2.83. The largest absolute Gasteiger partial charge is 0.481 e. The van der Waals surface area contributed by atoms with E-state index in [4.69, 9.17) is 21.9 Å². The van der Waals surface area contributed by atoms with Crippen molar-refractivity contribution in [2.75, 3.05) is 26.7 Å². The number of likely N-dealkylation sites (N-methyl/N-ethyl adjacent to an activating group) is 1. The van der Waals surface area contributed by atoms with Gasteiger partial charge in [0.15, 0.2) is 6.10 Å². The normalized spacial score (nSPS) is 21.7. The molecule has 1 aromatic heterocycles. The number of amides is 15. The fourth-order valence-corrected chi connectivity index (χ4v) is 11.6. The fourth-order valence-electron chi connectivity index (χ4n) is 11.6. The molecule has 43 nitrogen and oxygen atoms in total. The standard InChI is InChI=1S/C71H107N17O26/c1-7-9-10-11-12-13-14-22-50(91)78-44(28-38-32-75-40-20-16-15-19-39(38)40)64(105)81-42(23-25-53(94)95)61(102)84-46(30-49(74)90)67(108)86-57-37(5)114-71(113)56(35(3)8-2)85-63(104)43(24-26-54(96)97)82-65(106)45(29-48(73)89)79-51(92)33-76-68(109)58(59(100)70(111)112)87-62(103)41(21-17-18-27-72)80-66(107)47(31-55(98)99)83-60(101)36(4)77-52(93)34-88(6)69(57)110/h15-16,19-20,32,35-37,41-47,56-59,75,100H,7-14,17-18,21-31,33-34,72H2,1-6H3,(H2,73,89)(H2,74,90)(H,76,109)(H,77,93)(H,78,91)(H,79,92)(H,80,107)(H,81,105)(H,82,106)(H,83,101)(H,84,102)(H,85,104)(H,86,108)(H,87,103)(H,94,95)(H,96,97)(H,98,99)(H,111,112). The summed E-state index contributed by atoms with van der Waals surface area (Å²) in [6.07, 6.45) is -4.26. The number of cyclic esters (lactones) is 1. The van der Waals surface area contributed by atoms with Crippen LogP contribution in [0.2, 0.25) is 0 Å². The number of nitrogens with zero attached hydrogens (tertiary/aromatic N) is 1. The van der Waals surface area contributed by atoms with Crippen LogP contribution in [0.1, 0.15) is 162 Å². The Morgan fingerprint density at radius 1 is 0.588 bits per heavy atom. The Balaban J connectivity index is 2.25. The number of carbonyl (C=O) groups excluding carboxylic acids is 16. The number of hydrogen-bond acceptors (Lipinski definition) is 23. The van der Waals surface area contributed by atoms with Crippen molar-refractivity contribution < 1.29 is 126 Å². The SMILES string of the molecule is CCCCCCCCCC(=O)NC(Cc1c[nH]c2ccccc12)C(=O)NC(CCC(=O)O)C(=O)NC(CC(N)=O)C(=O)NC1C(=O)N(C)CC(=O)NC(C)C(=O)NC(CC(=O)O)C(=O)NC(CCCCN)C(=O)NC(C(O)C(=O)O)C(=O)NCC(=O)NC(CC(N)=O)C(=O)NC(CCC(=O)O)C(=O)NC(C(C)CC)C(=O)OC1C. The van der Waals surface area contributed by atoms with Crippen molar-refractivity contribution in [1.29, 1.82) is 0 Å². The van der Waals surface area contributed by atoms with Crippen LogP contribution in [0.3, 0.4) is 0 Å². The summed E-state index contributed by atoms with van der Waals surface area (Å²) >= 11 is 0. The molecule has 0 saturated carbocycles. The number of carbonyl (C=O) groups is 20. The molecule has 14 atom stereocenters. The smallest absolute Gasteiger partial charge is 0.335 e. The highest BCUT2D eigenvalue weighted by molar-refractivity contribution is 6.02. The number of rotatable bonds is 37. The predicted octanol–water partition coefficient (Wildman–Crippen LogP) is -5.70. The molecule has 0 radical (unpaired) electrons. The third kappa shape index (κ3) is 33.6. The molecule has 0 spiro atoms. The van der Waals surface area contributed by atoms with Gasteiger partial charge in [0.1, 0.15) is 72.6 Å². The molecule has 1 aromatic carbocycles. The van der Waals surface area contributed by atoms with E-state index in [2.05, 4.69) is 59.8 Å². The first kappa shape index (κ1) is 96.3. The van der Waals surface area contributed by atoms with E-state index in [-0.39, 0.29) is 38.6 Å². The highest BCUT2D eigenvalue weighted by Gasteiger charge is 2.42. The van der Waals surface area contributed by atoms with Gasteiger partial charge in [0.2, 0.25) is 88.6 Å². The first-order valence-corrected chi connectivity index (χ1v) is 37.1. The Bertz CT molecular complexity index is 3780. The van der Waals surface area contributed by atoms with Crippen molar-refractivity contribution in [2.45, 2.75) is 242 Å². The zero-order valence-electron chi connectivity index (χ0n) is 64.2. The number of ether oxygens (including phenoxy) is 1. The number of aliphatic hydroxyl groups is 1. The lowest BCUT2D eigenvalue weighted by Crippen LogP contribution is -2.62. The Hall–Kier alpha value is -11.9. The van der Waals surface area contributed by atoms with Gasteiger partial charge in [-0.3, -0.25) is 86.3 Å². The molecular formula is C71H107N17O26. The Kier molecular flexibility index (Phi) is 41.2. The summed E-state index contributed by atoms with van der Waals surface area (Å²) < 4.78 is 5.77. The van der Waals surface area contributed by atoms with Gasteiger partial charge in [0, 0.05) is 49.8 Å². The zero-order valence-corrected chi connectivity index (χ0v) is 64.2. The molecule has 14 unspecified atom stereocenters. The maximum absolute atomic E-state index is 14.9. The minimum Gasteiger partial charge on any atom is -0.481 e. The second-order valence-corrected chi connectivity index (χ2v) is 27.5. The lowest BCUT2D eigenvalue weighted by atomic mass is 9.98. The monoisotopic (exact) mass is 1610 g/mol. The van der Waals surface area contributed by atoms with Crippen LogP contribution in [-0.4, -0.2) is 259 Å². The van der Waals surface area contributed by atoms with Gasteiger partial charge in [-0.05, 0) is 76.5 Å². The van der Waals surface area contributed by atoms with Gasteiger partial charge in [0.25, 0.3) is 0 Å². The molecule has 114 heavy (non-hydrogen) atoms. The van der Waals surface area contributed by atoms with E-state index < -0.39 is 267 Å². The molecule has 0 bridgehead atoms. The number of primary amides is 2. The second-order valence-electron chi connectivity index (χ2n) is 27.5. The Morgan fingerprint density at radius 2 is 1.16 bits per heavy atom. The molecule has 0 aliphatic carbocycles. The molecule has 2 heterocycles. The summed E-state index contributed by atoms with van der Waals surface area (Å²) in [5, 5.41) is 77.0. The van der Waals surface area contributed by atoms with Crippen molar-refractivity contribution >= 4 is 129 Å². The first-order valence-electron chi connectivity index (χ1n) is 37.1. The number of benzene rings is 1. The summed E-state index contributed by atoms with van der Waals surface area (Å²) in [6, 6.07) is -15.0. The summed E-state index contributed by atoms with van der Waals surface area (Å²) in [7, 11) is 0.935. The van der Waals surface area contributed by atoms with Crippen LogP contribution in [-0.2, 0) is 107 Å². The molecule has 2 aromatic rings. The molecule has 15 amide bonds. The number of hydrogen-bond donors (Lipinski definition) is 21. The Labute approximate surface area is 654 Å². The highest BCUT2D eigenvalue weighted by atomic mass is 16.5. The number of fused-ring (bicyclic) bond motifs is 1. The molecule has 43 heteroatoms. The number of aliphatic hydroxyl groups excluding tert-OH is 1. The summed E-state index contributed by atoms with van der Waals surface area (Å²) in [5.74, 6) is -28.9. The Morgan fingerprint density at radius 3 is 1.75 bits per heavy atom. The molecule has 3 rings (SSSR count). The van der Waals surface area contributed by atoms with Crippen LogP contribution in [0.5, 0.6) is 0 Å². The molecule has 1 aliphatic rings. The first-order chi connectivity index (χ1) is 53.7. The van der Waals surface area contributed by atoms with Gasteiger partial charge in [-0.2, -0.15) is 0 Å². The molecular weight excluding hydrogens is 1510 g/mol. The molecule has 632 valence electrons. The van der Waals surface area contributed by atoms with Crippen LogP contribution >= 0.6 is 0 Å². The number of aliphatic carboxylic acids is 4. The van der Waals surface area contributed by atoms with Crippen LogP contribution < -0.4 is 81.0 Å². The maximum Gasteiger partial charge on any atom is 0.335 e. The van der Waals surface area contributed by atoms with Gasteiger partial charge in [0.05, 0.1) is 32.4 Å². The van der Waals surface area contributed by atoms with E-state index in [1.165, 1.54) is 13.8 Å². The van der Waals surface area contributed by atoms with Gasteiger partial charge in [-0.15, -0.1) is 0 Å². The van der Waals surface area contributed by atoms with E-state index in [1.807, 2.05) is 16.0 Å². The predicted molar refractivity (Wildman–Crippen MR) is 397 cm³/mol. The number of nitrogens with one attached hydrogen (secondary N) is 13. The van der Waals surface area contributed by atoms with Crippen molar-refractivity contribution in [3.8, 4) is 0 Å². The van der Waals surface area contributed by atoms with Crippen molar-refractivity contribution in [2.24, 2.45) is 23.1 Å². The molecule has 1 saturated heterocycles. The van der Waals surface area contributed by atoms with Crippen LogP contribution in [0.15, 0.2) is 30.5 Å². The maximum atomic E-state index is 14.9. The summed E-state index contributed by atoms with van der Waals surface area (Å²) in [4.78, 5) is 276. The van der Waals surface area contributed by atoms with Gasteiger partial charge >= 0.3 is 29.8 Å². The number of aromatic amines is 1. The number of unbranched alkanes of at least 4 members (excludes halogenated alkanes) is 7. The number of H-pyrrole nitrogens is 1. The van der Waals surface area contributed by atoms with Crippen molar-refractivity contribution in [3.05, 3.63) is 36.0 Å². The third-order valence-corrected chi connectivity index (χ3v) is 18.2. The number of esters is 1. The van der Waals surface area contributed by atoms with Crippen LogP contribution in [0.4, 0.5) is 0 Å². The van der Waals surface area contributed by atoms with E-state index in [0.29, 0.717) is 34.2 Å². The average molecular weight is 1610 g/mol. The molecule has 1 aliphatic heterocycles. The van der Waals surface area contributed by atoms with Crippen molar-refractivity contribution in [1.82, 2.24) is 73.7 Å². The molecule has 1 fully saturated rings. The number of para-hydroxylation sites is 1. The summed E-state index contributed by atoms with van der Waals surface area (Å²) in [6.45, 7) is 4.60. The fraction of sp³-hybridized carbons (Fsp3) is 0.606. The lowest BCUT2D eigenvalue weighted by molar-refractivity contribution is -0.159. The number of aromatic nitrogens is 1. The van der Waals surface area contributed by atoms with Gasteiger partial charge in [-0.25, -0.2) is 9.59 Å². The molecule has 24 N–H and O–H groups in total. The third-order valence-electron chi connectivity index (χ3n) is 18.2. The lowest BCUT2D eigenvalue weighted by Gasteiger charge is -2.32. The summed E-state index contributed by atoms with van der Waals surface area (Å²) in [5.41, 5.74) is 17.9. The quantitative estimate of drug-likeness (QED) is 0.0221. The highest BCUT2D eigenvalue weighted by Crippen LogP contribution is 2.21. The van der Waals surface area contributed by atoms with Crippen LogP contribution in [0.25, 0.3) is 10.9 Å². The number of carboxylic acids is 4.